The third kappa shape index (κ3) is 3.25. The minimum absolute atomic E-state index is 0.119. The fourth-order valence-electron chi connectivity index (χ4n) is 2.46. The van der Waals surface area contributed by atoms with Crippen molar-refractivity contribution in [1.82, 2.24) is 19.9 Å². The molecule has 0 aliphatic carbocycles. The van der Waals surface area contributed by atoms with Crippen molar-refractivity contribution in [3.8, 4) is 0 Å². The molecule has 3 heterocycles. The van der Waals surface area contributed by atoms with Crippen LogP contribution in [-0.4, -0.2) is 27.0 Å². The highest BCUT2D eigenvalue weighted by atomic mass is 32.1. The average Bonchev–Trinajstić information content (AvgIpc) is 3.11. The lowest BCUT2D eigenvalue weighted by atomic mass is 10.2. The first-order chi connectivity index (χ1) is 11.5. The van der Waals surface area contributed by atoms with Crippen LogP contribution in [0, 0.1) is 13.8 Å². The largest absolute Gasteiger partial charge is 0.351 e. The smallest absolute Gasteiger partial charge is 0.262 e. The molecule has 0 unspecified atom stereocenters. The summed E-state index contributed by atoms with van der Waals surface area (Å²) in [5.41, 5.74) is 1.62. The Labute approximate surface area is 147 Å². The minimum Gasteiger partial charge on any atom is -0.351 e. The number of aromatic nitrogens is 3. The van der Waals surface area contributed by atoms with Crippen LogP contribution in [0.3, 0.4) is 0 Å². The van der Waals surface area contributed by atoms with Crippen LogP contribution in [0.1, 0.15) is 32.4 Å². The fraction of sp³-hybridized carbons (Fsp3) is 0.375. The highest BCUT2D eigenvalue weighted by Gasteiger charge is 2.18. The number of carbonyl (C=O) groups excluding carboxylic acids is 1. The molecule has 126 valence electrons. The molecule has 0 atom stereocenters. The molecule has 0 saturated carbocycles. The summed E-state index contributed by atoms with van der Waals surface area (Å²) in [6.07, 6.45) is 3.17. The molecule has 1 amide bonds. The predicted octanol–water partition coefficient (Wildman–Crippen LogP) is 2.43. The Bertz CT molecular complexity index is 955. The van der Waals surface area contributed by atoms with E-state index in [4.69, 9.17) is 0 Å². The molecule has 8 heteroatoms. The minimum atomic E-state index is -0.145. The Morgan fingerprint density at radius 2 is 2.17 bits per heavy atom. The van der Waals surface area contributed by atoms with Gasteiger partial charge in [-0.25, -0.2) is 9.97 Å². The van der Waals surface area contributed by atoms with Gasteiger partial charge in [0.1, 0.15) is 4.83 Å². The second-order valence-electron chi connectivity index (χ2n) is 5.64. The lowest BCUT2D eigenvalue weighted by molar-refractivity contribution is 0.0957. The third-order valence-corrected chi connectivity index (χ3v) is 5.96. The number of carbonyl (C=O) groups is 1. The lowest BCUT2D eigenvalue weighted by Gasteiger charge is -2.03. The van der Waals surface area contributed by atoms with Gasteiger partial charge in [0.2, 0.25) is 0 Å². The molecule has 0 radical (unpaired) electrons. The van der Waals surface area contributed by atoms with E-state index in [2.05, 4.69) is 15.3 Å². The molecule has 0 aromatic carbocycles. The van der Waals surface area contributed by atoms with Gasteiger partial charge >= 0.3 is 0 Å². The third-order valence-electron chi connectivity index (χ3n) is 3.74. The molecule has 3 aromatic heterocycles. The summed E-state index contributed by atoms with van der Waals surface area (Å²) in [5, 5.41) is 6.58. The molecular formula is C16H18N4O2S2. The molecule has 0 spiro atoms. The Balaban J connectivity index is 1.67. The standard InChI is InChI=1S/C16H18N4O2S2/c1-9-7-23-11(19-9)5-4-6-17-14(21)13-10(2)12-15(24-13)18-8-20(3)16(12)22/h7-8H,4-6H2,1-3H3,(H,17,21). The number of nitrogens with one attached hydrogen (secondary N) is 1. The van der Waals surface area contributed by atoms with Crippen molar-refractivity contribution in [1.29, 1.82) is 0 Å². The van der Waals surface area contributed by atoms with E-state index in [0.717, 1.165) is 23.5 Å². The Kier molecular flexibility index (Phi) is 4.77. The van der Waals surface area contributed by atoms with Gasteiger partial charge in [-0.1, -0.05) is 0 Å². The number of hydrogen-bond donors (Lipinski definition) is 1. The van der Waals surface area contributed by atoms with Gasteiger partial charge in [-0.2, -0.15) is 0 Å². The molecule has 24 heavy (non-hydrogen) atoms. The molecule has 6 nitrogen and oxygen atoms in total. The van der Waals surface area contributed by atoms with Crippen LogP contribution in [-0.2, 0) is 13.5 Å². The Morgan fingerprint density at radius 3 is 2.88 bits per heavy atom. The number of rotatable bonds is 5. The quantitative estimate of drug-likeness (QED) is 0.707. The highest BCUT2D eigenvalue weighted by molar-refractivity contribution is 7.20. The zero-order valence-corrected chi connectivity index (χ0v) is 15.4. The maximum Gasteiger partial charge on any atom is 0.262 e. The maximum absolute atomic E-state index is 12.4. The highest BCUT2D eigenvalue weighted by Crippen LogP contribution is 2.26. The second-order valence-corrected chi connectivity index (χ2v) is 7.58. The number of aryl methyl sites for hydroxylation is 4. The van der Waals surface area contributed by atoms with Crippen LogP contribution in [0.5, 0.6) is 0 Å². The van der Waals surface area contributed by atoms with Crippen molar-refractivity contribution in [3.05, 3.63) is 43.2 Å². The monoisotopic (exact) mass is 362 g/mol. The van der Waals surface area contributed by atoms with Gasteiger partial charge < -0.3 is 9.88 Å². The molecule has 1 N–H and O–H groups in total. The van der Waals surface area contributed by atoms with Gasteiger partial charge in [-0.05, 0) is 25.8 Å². The van der Waals surface area contributed by atoms with Crippen LogP contribution in [0.25, 0.3) is 10.2 Å². The summed E-state index contributed by atoms with van der Waals surface area (Å²) in [5.74, 6) is -0.145. The summed E-state index contributed by atoms with van der Waals surface area (Å²) in [4.78, 5) is 34.4. The first kappa shape index (κ1) is 16.8. The van der Waals surface area contributed by atoms with Gasteiger partial charge in [0.25, 0.3) is 11.5 Å². The molecule has 0 aliphatic rings. The van der Waals surface area contributed by atoms with Crippen molar-refractivity contribution in [2.75, 3.05) is 6.54 Å². The topological polar surface area (TPSA) is 76.9 Å². The summed E-state index contributed by atoms with van der Waals surface area (Å²) in [6.45, 7) is 4.36. The van der Waals surface area contributed by atoms with Gasteiger partial charge in [-0.15, -0.1) is 22.7 Å². The number of thiazole rings is 1. The maximum atomic E-state index is 12.4. The first-order valence-corrected chi connectivity index (χ1v) is 9.31. The molecule has 0 saturated heterocycles. The van der Waals surface area contributed by atoms with E-state index in [1.165, 1.54) is 22.2 Å². The van der Waals surface area contributed by atoms with Gasteiger partial charge in [0, 0.05) is 31.1 Å². The number of amides is 1. The molecule has 0 aliphatic heterocycles. The molecule has 0 bridgehead atoms. The number of hydrogen-bond acceptors (Lipinski definition) is 6. The van der Waals surface area contributed by atoms with E-state index in [-0.39, 0.29) is 11.5 Å². The SMILES string of the molecule is Cc1csc(CCCNC(=O)c2sc3ncn(C)c(=O)c3c2C)n1. The molecule has 0 fully saturated rings. The van der Waals surface area contributed by atoms with E-state index in [0.29, 0.717) is 27.2 Å². The Hall–Kier alpha value is -2.06. The first-order valence-electron chi connectivity index (χ1n) is 7.61. The van der Waals surface area contributed by atoms with E-state index in [9.17, 15) is 9.59 Å². The van der Waals surface area contributed by atoms with Crippen molar-refractivity contribution >= 4 is 38.8 Å². The number of fused-ring (bicyclic) bond motifs is 1. The van der Waals surface area contributed by atoms with Crippen LogP contribution in [0.15, 0.2) is 16.5 Å². The lowest BCUT2D eigenvalue weighted by Crippen LogP contribution is -2.24. The van der Waals surface area contributed by atoms with Crippen molar-refractivity contribution in [3.63, 3.8) is 0 Å². The molecule has 3 rings (SSSR count). The van der Waals surface area contributed by atoms with E-state index in [1.807, 2.05) is 12.3 Å². The van der Waals surface area contributed by atoms with Crippen molar-refractivity contribution in [2.24, 2.45) is 7.05 Å². The normalized spacial score (nSPS) is 11.1. The van der Waals surface area contributed by atoms with Crippen LogP contribution >= 0.6 is 22.7 Å². The van der Waals surface area contributed by atoms with Crippen molar-refractivity contribution < 1.29 is 4.79 Å². The van der Waals surface area contributed by atoms with Gasteiger partial charge in [0.05, 0.1) is 21.6 Å². The summed E-state index contributed by atoms with van der Waals surface area (Å²) < 4.78 is 1.43. The van der Waals surface area contributed by atoms with Gasteiger partial charge in [-0.3, -0.25) is 9.59 Å². The van der Waals surface area contributed by atoms with Gasteiger partial charge in [0.15, 0.2) is 0 Å². The molecule has 3 aromatic rings. The molecular weight excluding hydrogens is 344 g/mol. The second kappa shape index (κ2) is 6.82. The summed E-state index contributed by atoms with van der Waals surface area (Å²) in [7, 11) is 1.66. The number of nitrogens with zero attached hydrogens (tertiary/aromatic N) is 3. The summed E-state index contributed by atoms with van der Waals surface area (Å²) in [6, 6.07) is 0. The summed E-state index contributed by atoms with van der Waals surface area (Å²) >= 11 is 2.91. The van der Waals surface area contributed by atoms with E-state index in [1.54, 1.807) is 25.3 Å². The fourth-order valence-corrected chi connectivity index (χ4v) is 4.34. The Morgan fingerprint density at radius 1 is 1.38 bits per heavy atom. The van der Waals surface area contributed by atoms with Crippen LogP contribution < -0.4 is 10.9 Å². The van der Waals surface area contributed by atoms with E-state index >= 15 is 0 Å². The van der Waals surface area contributed by atoms with Crippen molar-refractivity contribution in [2.45, 2.75) is 26.7 Å². The van der Waals surface area contributed by atoms with Crippen LogP contribution in [0.4, 0.5) is 0 Å². The number of thiophene rings is 1. The average molecular weight is 362 g/mol. The zero-order valence-electron chi connectivity index (χ0n) is 13.8. The van der Waals surface area contributed by atoms with E-state index < -0.39 is 0 Å². The predicted molar refractivity (Wildman–Crippen MR) is 97.1 cm³/mol. The van der Waals surface area contributed by atoms with Crippen LogP contribution in [0.2, 0.25) is 0 Å². The zero-order chi connectivity index (χ0) is 17.3.